The van der Waals surface area contributed by atoms with Crippen LogP contribution in [0.2, 0.25) is 0 Å². The van der Waals surface area contributed by atoms with Crippen LogP contribution in [0.15, 0.2) is 12.2 Å². The minimum atomic E-state index is -0.103. The summed E-state index contributed by atoms with van der Waals surface area (Å²) in [5.74, 6) is 1.52. The fourth-order valence-electron chi connectivity index (χ4n) is 3.58. The molecule has 0 saturated carbocycles. The fraction of sp³-hybridized carbons (Fsp3) is 0.833. The van der Waals surface area contributed by atoms with Crippen molar-refractivity contribution in [2.75, 3.05) is 26.2 Å². The molecule has 1 aliphatic carbocycles. The molecule has 0 spiro atoms. The highest BCUT2D eigenvalue weighted by atomic mass is 16.3. The normalized spacial score (nSPS) is 27.3. The molecule has 5 nitrogen and oxygen atoms in total. The number of hydrogen-bond acceptors (Lipinski definition) is 3. The SMILES string of the molecule is CC1CCN(C(CNC(=O)N[C@@H]2C=C[C@H](CO)C2)C(C)C)CC1. The molecule has 1 unspecified atom stereocenters. The van der Waals surface area contributed by atoms with Crippen LogP contribution in [-0.4, -0.2) is 54.4 Å². The molecular weight excluding hydrogens is 290 g/mol. The van der Waals surface area contributed by atoms with Gasteiger partial charge in [-0.05, 0) is 44.2 Å². The number of carbonyl (C=O) groups is 1. The molecular formula is C18H33N3O2. The Labute approximate surface area is 140 Å². The van der Waals surface area contributed by atoms with E-state index in [0.29, 0.717) is 18.5 Å². The Morgan fingerprint density at radius 2 is 2.00 bits per heavy atom. The van der Waals surface area contributed by atoms with E-state index in [0.717, 1.165) is 25.4 Å². The first-order valence-corrected chi connectivity index (χ1v) is 9.07. The van der Waals surface area contributed by atoms with E-state index in [9.17, 15) is 4.79 Å². The highest BCUT2D eigenvalue weighted by Crippen LogP contribution is 2.21. The van der Waals surface area contributed by atoms with Gasteiger partial charge in [-0.25, -0.2) is 4.79 Å². The molecule has 2 amide bonds. The van der Waals surface area contributed by atoms with Crippen LogP contribution in [0.5, 0.6) is 0 Å². The Bertz CT molecular complexity index is 403. The Morgan fingerprint density at radius 3 is 2.57 bits per heavy atom. The van der Waals surface area contributed by atoms with Crippen LogP contribution in [0, 0.1) is 17.8 Å². The summed E-state index contributed by atoms with van der Waals surface area (Å²) in [5, 5.41) is 15.2. The zero-order valence-electron chi connectivity index (χ0n) is 14.8. The molecule has 0 aromatic rings. The van der Waals surface area contributed by atoms with E-state index >= 15 is 0 Å². The lowest BCUT2D eigenvalue weighted by Crippen LogP contribution is -2.51. The Hall–Kier alpha value is -1.07. The minimum absolute atomic E-state index is 0.0421. The van der Waals surface area contributed by atoms with E-state index in [2.05, 4.69) is 36.3 Å². The van der Waals surface area contributed by atoms with E-state index in [1.165, 1.54) is 12.8 Å². The molecule has 0 radical (unpaired) electrons. The first-order valence-electron chi connectivity index (χ1n) is 9.07. The number of rotatable bonds is 6. The van der Waals surface area contributed by atoms with Gasteiger partial charge in [-0.15, -0.1) is 0 Å². The number of piperidine rings is 1. The smallest absolute Gasteiger partial charge is 0.315 e. The number of carbonyl (C=O) groups excluding carboxylic acids is 1. The van der Waals surface area contributed by atoms with Crippen LogP contribution in [0.3, 0.4) is 0 Å². The van der Waals surface area contributed by atoms with E-state index in [1.807, 2.05) is 12.2 Å². The van der Waals surface area contributed by atoms with Crippen molar-refractivity contribution in [1.82, 2.24) is 15.5 Å². The van der Waals surface area contributed by atoms with Crippen molar-refractivity contribution < 1.29 is 9.90 Å². The van der Waals surface area contributed by atoms with Gasteiger partial charge in [0.2, 0.25) is 0 Å². The summed E-state index contributed by atoms with van der Waals surface area (Å²) in [7, 11) is 0. The van der Waals surface area contributed by atoms with Crippen LogP contribution in [-0.2, 0) is 0 Å². The summed E-state index contributed by atoms with van der Waals surface area (Å²) in [6.07, 6.45) is 7.26. The van der Waals surface area contributed by atoms with Gasteiger partial charge in [-0.2, -0.15) is 0 Å². The number of likely N-dealkylation sites (tertiary alicyclic amines) is 1. The van der Waals surface area contributed by atoms with E-state index < -0.39 is 0 Å². The zero-order valence-corrected chi connectivity index (χ0v) is 14.8. The van der Waals surface area contributed by atoms with Gasteiger partial charge in [-0.3, -0.25) is 4.90 Å². The zero-order chi connectivity index (χ0) is 16.8. The number of urea groups is 1. The standard InChI is InChI=1S/C18H33N3O2/c1-13(2)17(21-8-6-14(3)7-9-21)11-19-18(23)20-16-5-4-15(10-16)12-22/h4-5,13-17,22H,6-12H2,1-3H3,(H2,19,20,23)/t15-,16+,17?/m0/s1. The molecule has 1 saturated heterocycles. The molecule has 132 valence electrons. The third kappa shape index (κ3) is 5.50. The Kier molecular flexibility index (Phi) is 6.90. The largest absolute Gasteiger partial charge is 0.396 e. The van der Waals surface area contributed by atoms with Crippen molar-refractivity contribution in [2.24, 2.45) is 17.8 Å². The predicted molar refractivity (Wildman–Crippen MR) is 93.3 cm³/mol. The van der Waals surface area contributed by atoms with Gasteiger partial charge in [0.05, 0.1) is 0 Å². The molecule has 1 heterocycles. The second-order valence-electron chi connectivity index (χ2n) is 7.55. The molecule has 0 aromatic carbocycles. The number of aliphatic hydroxyl groups excluding tert-OH is 1. The van der Waals surface area contributed by atoms with Crippen LogP contribution in [0.1, 0.15) is 40.0 Å². The number of nitrogens with one attached hydrogen (secondary N) is 2. The van der Waals surface area contributed by atoms with Crippen molar-refractivity contribution in [1.29, 1.82) is 0 Å². The first kappa shape index (κ1) is 18.3. The highest BCUT2D eigenvalue weighted by molar-refractivity contribution is 5.74. The number of nitrogens with zero attached hydrogens (tertiary/aromatic N) is 1. The lowest BCUT2D eigenvalue weighted by molar-refractivity contribution is 0.108. The van der Waals surface area contributed by atoms with Gasteiger partial charge < -0.3 is 15.7 Å². The van der Waals surface area contributed by atoms with E-state index in [1.54, 1.807) is 0 Å². The van der Waals surface area contributed by atoms with Crippen molar-refractivity contribution in [3.05, 3.63) is 12.2 Å². The third-order valence-electron chi connectivity index (χ3n) is 5.25. The number of hydrogen-bond donors (Lipinski definition) is 3. The topological polar surface area (TPSA) is 64.6 Å². The molecule has 1 fully saturated rings. The maximum absolute atomic E-state index is 12.1. The molecule has 1 aliphatic heterocycles. The van der Waals surface area contributed by atoms with Gasteiger partial charge >= 0.3 is 6.03 Å². The second-order valence-corrected chi connectivity index (χ2v) is 7.55. The molecule has 23 heavy (non-hydrogen) atoms. The highest BCUT2D eigenvalue weighted by Gasteiger charge is 2.26. The van der Waals surface area contributed by atoms with Gasteiger partial charge in [0.1, 0.15) is 0 Å². The summed E-state index contributed by atoms with van der Waals surface area (Å²) < 4.78 is 0. The molecule has 5 heteroatoms. The van der Waals surface area contributed by atoms with Crippen LogP contribution >= 0.6 is 0 Å². The van der Waals surface area contributed by atoms with Crippen molar-refractivity contribution in [2.45, 2.75) is 52.1 Å². The molecule has 0 bridgehead atoms. The number of amides is 2. The van der Waals surface area contributed by atoms with Gasteiger partial charge in [0.25, 0.3) is 0 Å². The quantitative estimate of drug-likeness (QED) is 0.655. The second kappa shape index (κ2) is 8.69. The van der Waals surface area contributed by atoms with Crippen molar-refractivity contribution >= 4 is 6.03 Å². The third-order valence-corrected chi connectivity index (χ3v) is 5.25. The fourth-order valence-corrected chi connectivity index (χ4v) is 3.58. The number of aliphatic hydroxyl groups is 1. The van der Waals surface area contributed by atoms with E-state index in [-0.39, 0.29) is 24.6 Å². The maximum atomic E-state index is 12.1. The summed E-state index contributed by atoms with van der Waals surface area (Å²) in [4.78, 5) is 14.6. The average molecular weight is 323 g/mol. The van der Waals surface area contributed by atoms with Crippen molar-refractivity contribution in [3.8, 4) is 0 Å². The van der Waals surface area contributed by atoms with Gasteiger partial charge in [0, 0.05) is 31.2 Å². The van der Waals surface area contributed by atoms with Crippen LogP contribution < -0.4 is 10.6 Å². The average Bonchev–Trinajstić information content (AvgIpc) is 2.96. The Balaban J connectivity index is 1.75. The minimum Gasteiger partial charge on any atom is -0.396 e. The van der Waals surface area contributed by atoms with E-state index in [4.69, 9.17) is 5.11 Å². The lowest BCUT2D eigenvalue weighted by atomic mass is 9.94. The van der Waals surface area contributed by atoms with Gasteiger partial charge in [-0.1, -0.05) is 32.9 Å². The van der Waals surface area contributed by atoms with Crippen LogP contribution in [0.4, 0.5) is 4.79 Å². The van der Waals surface area contributed by atoms with Gasteiger partial charge in [0.15, 0.2) is 0 Å². The summed E-state index contributed by atoms with van der Waals surface area (Å²) in [6, 6.07) is 0.340. The molecule has 3 N–H and O–H groups in total. The molecule has 3 atom stereocenters. The Morgan fingerprint density at radius 1 is 1.30 bits per heavy atom. The van der Waals surface area contributed by atoms with Crippen molar-refractivity contribution in [3.63, 3.8) is 0 Å². The summed E-state index contributed by atoms with van der Waals surface area (Å²) >= 11 is 0. The predicted octanol–water partition coefficient (Wildman–Crippen LogP) is 1.98. The molecule has 0 aromatic heterocycles. The lowest BCUT2D eigenvalue weighted by Gasteiger charge is -2.39. The molecule has 2 aliphatic rings. The summed E-state index contributed by atoms with van der Waals surface area (Å²) in [5.41, 5.74) is 0. The summed E-state index contributed by atoms with van der Waals surface area (Å²) in [6.45, 7) is 9.90. The maximum Gasteiger partial charge on any atom is 0.315 e. The first-order chi connectivity index (χ1) is 11.0. The molecule has 2 rings (SSSR count). The monoisotopic (exact) mass is 323 g/mol. The van der Waals surface area contributed by atoms with Crippen LogP contribution in [0.25, 0.3) is 0 Å².